The average Bonchev–Trinajstić information content (AvgIpc) is 1.95. The molecule has 0 rings (SSSR count). The van der Waals surface area contributed by atoms with E-state index in [0.717, 1.165) is 0 Å². The number of sulfonamides is 1. The van der Waals surface area contributed by atoms with Crippen LogP contribution in [0, 0.1) is 11.3 Å². The van der Waals surface area contributed by atoms with Crippen molar-refractivity contribution in [1.82, 2.24) is 0 Å². The predicted octanol–water partition coefficient (Wildman–Crippen LogP) is 0.523. The first-order valence-corrected chi connectivity index (χ1v) is 5.12. The van der Waals surface area contributed by atoms with Gasteiger partial charge in [-0.25, -0.2) is 13.6 Å². The largest absolute Gasteiger partial charge is 0.228 e. The Morgan fingerprint density at radius 3 is 2.58 bits per heavy atom. The fourth-order valence-corrected chi connectivity index (χ4v) is 1.56. The van der Waals surface area contributed by atoms with Gasteiger partial charge in [0, 0.05) is 0 Å². The molecular weight excluding hydrogens is 176 g/mol. The zero-order valence-corrected chi connectivity index (χ0v) is 7.55. The minimum absolute atomic E-state index is 0.0489. The molecule has 0 aliphatic carbocycles. The van der Waals surface area contributed by atoms with Gasteiger partial charge in [0.1, 0.15) is 0 Å². The Kier molecular flexibility index (Phi) is 4.55. The molecule has 0 aliphatic rings. The van der Waals surface area contributed by atoms with Crippen molar-refractivity contribution in [2.24, 2.45) is 5.14 Å². The molecule has 0 saturated heterocycles. The second-order valence-electron chi connectivity index (χ2n) is 2.44. The Hall–Kier alpha value is -0.860. The Balaban J connectivity index is 4.26. The maximum Gasteiger partial charge on any atom is 0.212 e. The van der Waals surface area contributed by atoms with Crippen molar-refractivity contribution in [1.29, 1.82) is 5.26 Å². The predicted molar refractivity (Wildman–Crippen MR) is 46.6 cm³/mol. The molecule has 0 aromatic carbocycles. The van der Waals surface area contributed by atoms with E-state index in [-0.39, 0.29) is 6.42 Å². The molecule has 0 amide bonds. The van der Waals surface area contributed by atoms with Gasteiger partial charge in [0.15, 0.2) is 0 Å². The second-order valence-corrected chi connectivity index (χ2v) is 4.28. The van der Waals surface area contributed by atoms with Crippen LogP contribution < -0.4 is 5.14 Å². The summed E-state index contributed by atoms with van der Waals surface area (Å²) in [6.07, 6.45) is 2.49. The van der Waals surface area contributed by atoms with E-state index < -0.39 is 15.3 Å². The molecule has 68 valence electrons. The van der Waals surface area contributed by atoms with Crippen LogP contribution in [0.5, 0.6) is 0 Å². The van der Waals surface area contributed by atoms with E-state index in [1.165, 1.54) is 0 Å². The van der Waals surface area contributed by atoms with Gasteiger partial charge in [-0.2, -0.15) is 5.26 Å². The molecule has 0 aromatic rings. The van der Waals surface area contributed by atoms with E-state index in [9.17, 15) is 8.42 Å². The third kappa shape index (κ3) is 4.11. The Labute approximate surface area is 72.7 Å². The molecule has 12 heavy (non-hydrogen) atoms. The highest BCUT2D eigenvalue weighted by Gasteiger charge is 2.19. The van der Waals surface area contributed by atoms with E-state index in [0.29, 0.717) is 12.8 Å². The number of nitrogens with zero attached hydrogens (tertiary/aromatic N) is 1. The summed E-state index contributed by atoms with van der Waals surface area (Å²) in [6, 6.07) is 1.79. The third-order valence-electron chi connectivity index (χ3n) is 1.48. The lowest BCUT2D eigenvalue weighted by atomic mass is 10.2. The summed E-state index contributed by atoms with van der Waals surface area (Å²) >= 11 is 0. The molecular formula is C7H12N2O2S. The Morgan fingerprint density at radius 1 is 1.67 bits per heavy atom. The fraction of sp³-hybridized carbons (Fsp3) is 0.571. The van der Waals surface area contributed by atoms with Crippen LogP contribution in [0.2, 0.25) is 0 Å². The van der Waals surface area contributed by atoms with Gasteiger partial charge >= 0.3 is 0 Å². The lowest BCUT2D eigenvalue weighted by Crippen LogP contribution is -2.28. The number of allylic oxidation sites excluding steroid dienone is 1. The number of primary sulfonamides is 1. The molecule has 5 heteroatoms. The molecule has 0 unspecified atom stereocenters. The van der Waals surface area contributed by atoms with Crippen molar-refractivity contribution in [2.45, 2.75) is 24.5 Å². The topological polar surface area (TPSA) is 83.9 Å². The first kappa shape index (κ1) is 11.1. The van der Waals surface area contributed by atoms with Gasteiger partial charge in [-0.15, -0.1) is 6.58 Å². The minimum Gasteiger partial charge on any atom is -0.228 e. The number of nitrogens with two attached hydrogens (primary N) is 1. The molecule has 0 heterocycles. The van der Waals surface area contributed by atoms with Gasteiger partial charge in [-0.05, 0) is 12.8 Å². The van der Waals surface area contributed by atoms with Gasteiger partial charge in [0.05, 0.1) is 17.7 Å². The highest BCUT2D eigenvalue weighted by atomic mass is 32.2. The van der Waals surface area contributed by atoms with Crippen LogP contribution in [0.3, 0.4) is 0 Å². The van der Waals surface area contributed by atoms with E-state index in [1.54, 1.807) is 12.1 Å². The number of nitriles is 1. The van der Waals surface area contributed by atoms with Crippen LogP contribution in [0.4, 0.5) is 0 Å². The van der Waals surface area contributed by atoms with E-state index in [4.69, 9.17) is 10.4 Å². The zero-order chi connectivity index (χ0) is 9.61. The van der Waals surface area contributed by atoms with Crippen molar-refractivity contribution in [3.63, 3.8) is 0 Å². The number of hydrogen-bond acceptors (Lipinski definition) is 3. The Bertz CT molecular complexity index is 276. The fourth-order valence-electron chi connectivity index (χ4n) is 0.788. The molecule has 2 N–H and O–H groups in total. The first-order valence-electron chi connectivity index (χ1n) is 3.51. The monoisotopic (exact) mass is 188 g/mol. The maximum atomic E-state index is 10.8. The SMILES string of the molecule is C=CCC[C@H](CC#N)S(N)(=O)=O. The minimum atomic E-state index is -3.57. The van der Waals surface area contributed by atoms with E-state index in [2.05, 4.69) is 6.58 Å². The summed E-state index contributed by atoms with van der Waals surface area (Å²) in [4.78, 5) is 0. The normalized spacial score (nSPS) is 13.3. The summed E-state index contributed by atoms with van der Waals surface area (Å²) in [5.74, 6) is 0. The van der Waals surface area contributed by atoms with Crippen LogP contribution >= 0.6 is 0 Å². The summed E-state index contributed by atoms with van der Waals surface area (Å²) in [6.45, 7) is 3.46. The number of hydrogen-bond donors (Lipinski definition) is 1. The smallest absolute Gasteiger partial charge is 0.212 e. The van der Waals surface area contributed by atoms with E-state index >= 15 is 0 Å². The van der Waals surface area contributed by atoms with Crippen LogP contribution in [0.1, 0.15) is 19.3 Å². The van der Waals surface area contributed by atoms with Gasteiger partial charge in [-0.3, -0.25) is 0 Å². The Morgan fingerprint density at radius 2 is 2.25 bits per heavy atom. The van der Waals surface area contributed by atoms with Crippen LogP contribution in [-0.4, -0.2) is 13.7 Å². The molecule has 0 spiro atoms. The maximum absolute atomic E-state index is 10.8. The highest BCUT2D eigenvalue weighted by Crippen LogP contribution is 2.09. The molecule has 4 nitrogen and oxygen atoms in total. The summed E-state index contributed by atoms with van der Waals surface area (Å²) in [5.41, 5.74) is 0. The van der Waals surface area contributed by atoms with Crippen LogP contribution in [0.25, 0.3) is 0 Å². The van der Waals surface area contributed by atoms with Gasteiger partial charge < -0.3 is 0 Å². The van der Waals surface area contributed by atoms with Crippen LogP contribution in [-0.2, 0) is 10.0 Å². The molecule has 0 fully saturated rings. The molecule has 0 aliphatic heterocycles. The average molecular weight is 188 g/mol. The molecule has 0 radical (unpaired) electrons. The van der Waals surface area contributed by atoms with Crippen molar-refractivity contribution in [2.75, 3.05) is 0 Å². The van der Waals surface area contributed by atoms with Crippen LogP contribution in [0.15, 0.2) is 12.7 Å². The van der Waals surface area contributed by atoms with Crippen molar-refractivity contribution < 1.29 is 8.42 Å². The molecule has 0 saturated carbocycles. The third-order valence-corrected chi connectivity index (χ3v) is 2.81. The summed E-state index contributed by atoms with van der Waals surface area (Å²) in [7, 11) is -3.57. The second kappa shape index (κ2) is 4.91. The van der Waals surface area contributed by atoms with Gasteiger partial charge in [0.2, 0.25) is 10.0 Å². The lowest BCUT2D eigenvalue weighted by molar-refractivity contribution is 0.574. The lowest BCUT2D eigenvalue weighted by Gasteiger charge is -2.08. The van der Waals surface area contributed by atoms with E-state index in [1.807, 2.05) is 0 Å². The van der Waals surface area contributed by atoms with Crippen molar-refractivity contribution in [3.8, 4) is 6.07 Å². The first-order chi connectivity index (χ1) is 5.52. The van der Waals surface area contributed by atoms with Crippen molar-refractivity contribution in [3.05, 3.63) is 12.7 Å². The zero-order valence-electron chi connectivity index (χ0n) is 6.73. The standard InChI is InChI=1S/C7H12N2O2S/c1-2-3-4-7(5-6-8)12(9,10)11/h2,7H,1,3-5H2,(H2,9,10,11)/t7-/m1/s1. The summed E-state index contributed by atoms with van der Waals surface area (Å²) < 4.78 is 21.6. The molecule has 0 bridgehead atoms. The van der Waals surface area contributed by atoms with Gasteiger partial charge in [0.25, 0.3) is 0 Å². The molecule has 0 aromatic heterocycles. The highest BCUT2D eigenvalue weighted by molar-refractivity contribution is 7.89. The van der Waals surface area contributed by atoms with Crippen molar-refractivity contribution >= 4 is 10.0 Å². The van der Waals surface area contributed by atoms with Gasteiger partial charge in [-0.1, -0.05) is 6.08 Å². The summed E-state index contributed by atoms with van der Waals surface area (Å²) in [5, 5.41) is 12.4. The molecule has 1 atom stereocenters. The quantitative estimate of drug-likeness (QED) is 0.638. The number of rotatable bonds is 5.